The third kappa shape index (κ3) is 3.55. The number of hydrogen-bond donors (Lipinski definition) is 0. The number of halogens is 1. The van der Waals surface area contributed by atoms with E-state index in [1.807, 2.05) is 13.8 Å². The second-order valence-electron chi connectivity index (χ2n) is 1.82. The molecule has 1 rings (SSSR count). The minimum absolute atomic E-state index is 0.0480. The van der Waals surface area contributed by atoms with Crippen molar-refractivity contribution in [2.45, 2.75) is 20.8 Å². The number of hydrogen-bond acceptors (Lipinski definition) is 3. The molecule has 1 aromatic heterocycles. The highest BCUT2D eigenvalue weighted by Crippen LogP contribution is 2.15. The molecule has 0 fully saturated rings. The van der Waals surface area contributed by atoms with Crippen LogP contribution in [0.5, 0.6) is 0 Å². The Kier molecular flexibility index (Phi) is 6.14. The number of ether oxygens (including phenoxy) is 1. The van der Waals surface area contributed by atoms with Gasteiger partial charge in [-0.1, -0.05) is 13.8 Å². The lowest BCUT2D eigenvalue weighted by atomic mass is 10.4. The molecule has 0 spiro atoms. The van der Waals surface area contributed by atoms with E-state index in [9.17, 15) is 9.18 Å². The predicted octanol–water partition coefficient (Wildman–Crippen LogP) is 3.09. The van der Waals surface area contributed by atoms with E-state index in [0.29, 0.717) is 0 Å². The van der Waals surface area contributed by atoms with Crippen LogP contribution in [-0.2, 0) is 4.74 Å². The van der Waals surface area contributed by atoms with Crippen LogP contribution < -0.4 is 0 Å². The first-order valence-corrected chi connectivity index (χ1v) is 5.03. The molecule has 0 radical (unpaired) electrons. The van der Waals surface area contributed by atoms with Crippen LogP contribution in [0.2, 0.25) is 0 Å². The largest absolute Gasteiger partial charge is 0.462 e. The second-order valence-corrected chi connectivity index (χ2v) is 2.73. The van der Waals surface area contributed by atoms with E-state index in [4.69, 9.17) is 0 Å². The fraction of sp³-hybridized carbons (Fsp3) is 0.444. The van der Waals surface area contributed by atoms with Crippen molar-refractivity contribution in [3.05, 3.63) is 22.1 Å². The van der Waals surface area contributed by atoms with Gasteiger partial charge in [-0.3, -0.25) is 0 Å². The van der Waals surface area contributed by atoms with E-state index in [1.165, 1.54) is 11.4 Å². The first kappa shape index (κ1) is 12.1. The molecule has 0 bridgehead atoms. The van der Waals surface area contributed by atoms with Crippen molar-refractivity contribution in [3.63, 3.8) is 0 Å². The maximum Gasteiger partial charge on any atom is 0.351 e. The summed E-state index contributed by atoms with van der Waals surface area (Å²) in [6.07, 6.45) is 0. The Labute approximate surface area is 81.3 Å². The molecule has 74 valence electrons. The standard InChI is InChI=1S/C7H7FO2S.C2H6/c1-2-10-7(9)6-5(8)3-4-11-6;1-2/h3-4H,2H2,1H3;1-2H3. The third-order valence-electron chi connectivity index (χ3n) is 1.08. The average molecular weight is 204 g/mol. The zero-order valence-corrected chi connectivity index (χ0v) is 8.78. The molecule has 1 heterocycles. The first-order valence-electron chi connectivity index (χ1n) is 4.15. The highest BCUT2D eigenvalue weighted by atomic mass is 32.1. The fourth-order valence-corrected chi connectivity index (χ4v) is 1.30. The van der Waals surface area contributed by atoms with Crippen LogP contribution in [0.15, 0.2) is 11.4 Å². The van der Waals surface area contributed by atoms with E-state index in [-0.39, 0.29) is 11.5 Å². The minimum atomic E-state index is -0.583. The lowest BCUT2D eigenvalue weighted by Gasteiger charge is -1.96. The van der Waals surface area contributed by atoms with Gasteiger partial charge in [0, 0.05) is 0 Å². The molecule has 0 aromatic carbocycles. The Morgan fingerprint density at radius 2 is 2.23 bits per heavy atom. The van der Waals surface area contributed by atoms with Crippen LogP contribution in [0, 0.1) is 5.82 Å². The molecule has 13 heavy (non-hydrogen) atoms. The van der Waals surface area contributed by atoms with E-state index >= 15 is 0 Å². The summed E-state index contributed by atoms with van der Waals surface area (Å²) < 4.78 is 17.2. The van der Waals surface area contributed by atoms with E-state index in [0.717, 1.165) is 11.3 Å². The molecule has 0 N–H and O–H groups in total. The molecule has 0 amide bonds. The van der Waals surface area contributed by atoms with Gasteiger partial charge in [0.05, 0.1) is 6.61 Å². The molecule has 4 heteroatoms. The lowest BCUT2D eigenvalue weighted by Crippen LogP contribution is -2.03. The van der Waals surface area contributed by atoms with Gasteiger partial charge in [0.25, 0.3) is 0 Å². The monoisotopic (exact) mass is 204 g/mol. The number of carbonyl (C=O) groups is 1. The quantitative estimate of drug-likeness (QED) is 0.692. The van der Waals surface area contributed by atoms with Gasteiger partial charge in [0.2, 0.25) is 0 Å². The Hall–Kier alpha value is -0.900. The summed E-state index contributed by atoms with van der Waals surface area (Å²) in [5, 5.41) is 1.52. The van der Waals surface area contributed by atoms with Crippen molar-refractivity contribution in [2.75, 3.05) is 6.61 Å². The molecule has 1 aromatic rings. The SMILES string of the molecule is CC.CCOC(=O)c1sccc1F. The van der Waals surface area contributed by atoms with Crippen molar-refractivity contribution >= 4 is 17.3 Å². The summed E-state index contributed by atoms with van der Waals surface area (Å²) >= 11 is 1.05. The zero-order chi connectivity index (χ0) is 10.3. The van der Waals surface area contributed by atoms with Crippen LogP contribution in [0.3, 0.4) is 0 Å². The van der Waals surface area contributed by atoms with Crippen molar-refractivity contribution in [1.29, 1.82) is 0 Å². The Morgan fingerprint density at radius 3 is 2.62 bits per heavy atom. The van der Waals surface area contributed by atoms with Gasteiger partial charge in [0.1, 0.15) is 10.7 Å². The van der Waals surface area contributed by atoms with Gasteiger partial charge in [-0.25, -0.2) is 9.18 Å². The predicted molar refractivity (Wildman–Crippen MR) is 51.6 cm³/mol. The van der Waals surface area contributed by atoms with Crippen LogP contribution in [-0.4, -0.2) is 12.6 Å². The van der Waals surface area contributed by atoms with E-state index in [1.54, 1.807) is 6.92 Å². The van der Waals surface area contributed by atoms with E-state index < -0.39 is 11.8 Å². The average Bonchev–Trinajstić information content (AvgIpc) is 2.55. The summed E-state index contributed by atoms with van der Waals surface area (Å²) in [4.78, 5) is 10.9. The summed E-state index contributed by atoms with van der Waals surface area (Å²) in [5.74, 6) is -1.09. The summed E-state index contributed by atoms with van der Waals surface area (Å²) in [6.45, 7) is 5.96. The zero-order valence-electron chi connectivity index (χ0n) is 7.96. The molecule has 0 atom stereocenters. The highest BCUT2D eigenvalue weighted by Gasteiger charge is 2.13. The van der Waals surface area contributed by atoms with Crippen molar-refractivity contribution in [2.24, 2.45) is 0 Å². The highest BCUT2D eigenvalue weighted by molar-refractivity contribution is 7.12. The maximum atomic E-state index is 12.6. The molecule has 0 saturated carbocycles. The van der Waals surface area contributed by atoms with E-state index in [2.05, 4.69) is 4.74 Å². The number of thiophene rings is 1. The van der Waals surface area contributed by atoms with Crippen molar-refractivity contribution in [3.8, 4) is 0 Å². The molecule has 0 saturated heterocycles. The van der Waals surface area contributed by atoms with Crippen LogP contribution in [0.1, 0.15) is 30.4 Å². The topological polar surface area (TPSA) is 26.3 Å². The Morgan fingerprint density at radius 1 is 1.62 bits per heavy atom. The van der Waals surface area contributed by atoms with Crippen molar-refractivity contribution in [1.82, 2.24) is 0 Å². The Bertz CT molecular complexity index is 258. The van der Waals surface area contributed by atoms with Gasteiger partial charge >= 0.3 is 5.97 Å². The molecular formula is C9H13FO2S. The normalized spacial score (nSPS) is 8.62. The summed E-state index contributed by atoms with van der Waals surface area (Å²) in [7, 11) is 0. The number of rotatable bonds is 2. The number of esters is 1. The molecule has 0 aliphatic carbocycles. The second kappa shape index (κ2) is 6.60. The fourth-order valence-electron chi connectivity index (χ4n) is 0.636. The summed E-state index contributed by atoms with van der Waals surface area (Å²) in [6, 6.07) is 1.25. The smallest absolute Gasteiger partial charge is 0.351 e. The molecule has 0 aliphatic heterocycles. The molecule has 2 nitrogen and oxygen atoms in total. The third-order valence-corrected chi connectivity index (χ3v) is 1.95. The van der Waals surface area contributed by atoms with Crippen LogP contribution >= 0.6 is 11.3 Å². The lowest BCUT2D eigenvalue weighted by molar-refractivity contribution is 0.0527. The van der Waals surface area contributed by atoms with Crippen molar-refractivity contribution < 1.29 is 13.9 Å². The molecular weight excluding hydrogens is 191 g/mol. The minimum Gasteiger partial charge on any atom is -0.462 e. The molecule has 0 aliphatic rings. The van der Waals surface area contributed by atoms with Gasteiger partial charge < -0.3 is 4.74 Å². The van der Waals surface area contributed by atoms with Gasteiger partial charge in [-0.15, -0.1) is 11.3 Å². The maximum absolute atomic E-state index is 12.6. The van der Waals surface area contributed by atoms with Gasteiger partial charge in [-0.05, 0) is 18.4 Å². The molecule has 0 unspecified atom stereocenters. The number of carbonyl (C=O) groups excluding carboxylic acids is 1. The summed E-state index contributed by atoms with van der Waals surface area (Å²) in [5.41, 5.74) is 0. The van der Waals surface area contributed by atoms with Gasteiger partial charge in [-0.2, -0.15) is 0 Å². The Balaban J connectivity index is 0.000000671. The van der Waals surface area contributed by atoms with Gasteiger partial charge in [0.15, 0.2) is 0 Å². The van der Waals surface area contributed by atoms with Crippen LogP contribution in [0.4, 0.5) is 4.39 Å². The van der Waals surface area contributed by atoms with Crippen LogP contribution in [0.25, 0.3) is 0 Å². The first-order chi connectivity index (χ1) is 6.25.